The molecule has 21 heavy (non-hydrogen) atoms. The van der Waals surface area contributed by atoms with Crippen LogP contribution in [0.15, 0.2) is 29.2 Å². The lowest BCUT2D eigenvalue weighted by Gasteiger charge is -2.16. The summed E-state index contributed by atoms with van der Waals surface area (Å²) in [5, 5.41) is 0. The number of sulfonamides is 1. The summed E-state index contributed by atoms with van der Waals surface area (Å²) in [4.78, 5) is 11.8. The third-order valence-corrected chi connectivity index (χ3v) is 5.66. The van der Waals surface area contributed by atoms with Crippen LogP contribution in [0.3, 0.4) is 0 Å². The molecule has 1 aromatic rings. The van der Waals surface area contributed by atoms with Gasteiger partial charge >= 0.3 is 5.97 Å². The zero-order valence-corrected chi connectivity index (χ0v) is 13.2. The van der Waals surface area contributed by atoms with E-state index in [2.05, 4.69) is 11.7 Å². The Labute approximate surface area is 126 Å². The molecule has 0 radical (unpaired) electrons. The van der Waals surface area contributed by atoms with E-state index in [1.165, 1.54) is 11.4 Å². The number of rotatable bonds is 5. The van der Waals surface area contributed by atoms with Crippen molar-refractivity contribution in [2.75, 3.05) is 20.2 Å². The molecule has 116 valence electrons. The van der Waals surface area contributed by atoms with Gasteiger partial charge in [-0.1, -0.05) is 25.5 Å². The Balaban J connectivity index is 2.13. The SMILES string of the molecule is CCCc1ccc(S(=O)(=O)N2CCC(C(=O)OC)C2)cc1. The van der Waals surface area contributed by atoms with Crippen LogP contribution < -0.4 is 0 Å². The van der Waals surface area contributed by atoms with E-state index in [0.29, 0.717) is 13.0 Å². The third-order valence-electron chi connectivity index (χ3n) is 3.79. The maximum Gasteiger partial charge on any atom is 0.310 e. The van der Waals surface area contributed by atoms with Crippen LogP contribution in [0.1, 0.15) is 25.3 Å². The van der Waals surface area contributed by atoms with E-state index in [9.17, 15) is 13.2 Å². The lowest BCUT2D eigenvalue weighted by atomic mass is 10.1. The second-order valence-corrected chi connectivity index (χ2v) is 7.20. The standard InChI is InChI=1S/C15H21NO4S/c1-3-4-12-5-7-14(8-6-12)21(18,19)16-10-9-13(11-16)15(17)20-2/h5-8,13H,3-4,9-11H2,1-2H3. The molecule has 1 atom stereocenters. The number of aryl methyl sites for hydroxylation is 1. The molecule has 0 aliphatic carbocycles. The first-order valence-corrected chi connectivity index (χ1v) is 8.60. The molecule has 0 N–H and O–H groups in total. The van der Waals surface area contributed by atoms with Crippen LogP contribution in [0.4, 0.5) is 0 Å². The average molecular weight is 311 g/mol. The molecule has 6 heteroatoms. The highest BCUT2D eigenvalue weighted by Crippen LogP contribution is 2.25. The Morgan fingerprint density at radius 1 is 1.33 bits per heavy atom. The molecule has 0 amide bonds. The number of carbonyl (C=O) groups excluding carboxylic acids is 1. The number of benzene rings is 1. The molecular formula is C15H21NO4S. The van der Waals surface area contributed by atoms with Crippen LogP contribution in [-0.4, -0.2) is 38.9 Å². The number of methoxy groups -OCH3 is 1. The van der Waals surface area contributed by atoms with Gasteiger partial charge in [-0.25, -0.2) is 8.42 Å². The number of carbonyl (C=O) groups is 1. The van der Waals surface area contributed by atoms with Crippen LogP contribution in [0, 0.1) is 5.92 Å². The van der Waals surface area contributed by atoms with Gasteiger partial charge in [-0.15, -0.1) is 0 Å². The van der Waals surface area contributed by atoms with Gasteiger partial charge in [0.25, 0.3) is 0 Å². The lowest BCUT2D eigenvalue weighted by Crippen LogP contribution is -2.30. The molecule has 1 unspecified atom stereocenters. The molecule has 1 aliphatic rings. The van der Waals surface area contributed by atoms with E-state index >= 15 is 0 Å². The normalized spacial score (nSPS) is 19.6. The Bertz CT molecular complexity index is 595. The summed E-state index contributed by atoms with van der Waals surface area (Å²) in [6.07, 6.45) is 2.48. The fourth-order valence-corrected chi connectivity index (χ4v) is 4.07. The molecule has 1 aliphatic heterocycles. The van der Waals surface area contributed by atoms with Crippen LogP contribution in [-0.2, 0) is 26.0 Å². The molecular weight excluding hydrogens is 290 g/mol. The van der Waals surface area contributed by atoms with Crippen molar-refractivity contribution in [3.63, 3.8) is 0 Å². The van der Waals surface area contributed by atoms with Gasteiger partial charge < -0.3 is 4.74 Å². The molecule has 0 spiro atoms. The maximum absolute atomic E-state index is 12.5. The summed E-state index contributed by atoms with van der Waals surface area (Å²) < 4.78 is 31.1. The highest BCUT2D eigenvalue weighted by Gasteiger charge is 2.36. The van der Waals surface area contributed by atoms with Crippen molar-refractivity contribution < 1.29 is 17.9 Å². The van der Waals surface area contributed by atoms with Crippen LogP contribution in [0.2, 0.25) is 0 Å². The predicted octanol–water partition coefficient (Wildman–Crippen LogP) is 1.82. The monoisotopic (exact) mass is 311 g/mol. The highest BCUT2D eigenvalue weighted by atomic mass is 32.2. The topological polar surface area (TPSA) is 63.7 Å². The lowest BCUT2D eigenvalue weighted by molar-refractivity contribution is -0.144. The quantitative estimate of drug-likeness (QED) is 0.778. The summed E-state index contributed by atoms with van der Waals surface area (Å²) in [6.45, 7) is 2.65. The van der Waals surface area contributed by atoms with Gasteiger partial charge in [0.05, 0.1) is 17.9 Å². The molecule has 1 aromatic carbocycles. The van der Waals surface area contributed by atoms with E-state index in [1.54, 1.807) is 12.1 Å². The van der Waals surface area contributed by atoms with Crippen LogP contribution in [0.25, 0.3) is 0 Å². The number of esters is 1. The minimum Gasteiger partial charge on any atom is -0.469 e. The summed E-state index contributed by atoms with van der Waals surface area (Å²) in [6, 6.07) is 6.99. The van der Waals surface area contributed by atoms with Gasteiger partial charge in [-0.05, 0) is 30.5 Å². The minimum atomic E-state index is -3.52. The number of hydrogen-bond acceptors (Lipinski definition) is 4. The molecule has 0 saturated carbocycles. The Kier molecular flexibility index (Phi) is 5.00. The Hall–Kier alpha value is -1.40. The molecule has 1 fully saturated rings. The fourth-order valence-electron chi connectivity index (χ4n) is 2.57. The Morgan fingerprint density at radius 2 is 2.00 bits per heavy atom. The minimum absolute atomic E-state index is 0.200. The maximum atomic E-state index is 12.5. The molecule has 2 rings (SSSR count). The van der Waals surface area contributed by atoms with Gasteiger partial charge in [0.15, 0.2) is 0 Å². The van der Waals surface area contributed by atoms with E-state index in [0.717, 1.165) is 18.4 Å². The Morgan fingerprint density at radius 3 is 2.57 bits per heavy atom. The number of nitrogens with zero attached hydrogens (tertiary/aromatic N) is 1. The second-order valence-electron chi connectivity index (χ2n) is 5.27. The second kappa shape index (κ2) is 6.58. The van der Waals surface area contributed by atoms with E-state index in [-0.39, 0.29) is 23.3 Å². The first-order valence-electron chi connectivity index (χ1n) is 7.16. The van der Waals surface area contributed by atoms with E-state index in [4.69, 9.17) is 0 Å². The van der Waals surface area contributed by atoms with Crippen molar-refractivity contribution in [1.82, 2.24) is 4.31 Å². The van der Waals surface area contributed by atoms with Gasteiger partial charge in [-0.2, -0.15) is 4.31 Å². The largest absolute Gasteiger partial charge is 0.469 e. The fraction of sp³-hybridized carbons (Fsp3) is 0.533. The van der Waals surface area contributed by atoms with Gasteiger partial charge in [-0.3, -0.25) is 4.79 Å². The number of ether oxygens (including phenoxy) is 1. The third kappa shape index (κ3) is 3.44. The van der Waals surface area contributed by atoms with Crippen molar-refractivity contribution >= 4 is 16.0 Å². The van der Waals surface area contributed by atoms with Crippen molar-refractivity contribution in [1.29, 1.82) is 0 Å². The highest BCUT2D eigenvalue weighted by molar-refractivity contribution is 7.89. The summed E-state index contributed by atoms with van der Waals surface area (Å²) >= 11 is 0. The van der Waals surface area contributed by atoms with E-state index < -0.39 is 10.0 Å². The molecule has 0 bridgehead atoms. The summed E-state index contributed by atoms with van der Waals surface area (Å²) in [5.41, 5.74) is 1.13. The first kappa shape index (κ1) is 16.0. The van der Waals surface area contributed by atoms with Crippen LogP contribution in [0.5, 0.6) is 0 Å². The average Bonchev–Trinajstić information content (AvgIpc) is 2.98. The smallest absolute Gasteiger partial charge is 0.310 e. The van der Waals surface area contributed by atoms with Crippen molar-refractivity contribution in [3.8, 4) is 0 Å². The molecule has 1 heterocycles. The molecule has 0 aromatic heterocycles. The molecule has 1 saturated heterocycles. The molecule has 5 nitrogen and oxygen atoms in total. The summed E-state index contributed by atoms with van der Waals surface area (Å²) in [7, 11) is -2.19. The number of hydrogen-bond donors (Lipinski definition) is 0. The van der Waals surface area contributed by atoms with E-state index in [1.807, 2.05) is 12.1 Å². The predicted molar refractivity (Wildman–Crippen MR) is 79.3 cm³/mol. The zero-order valence-electron chi connectivity index (χ0n) is 12.4. The summed E-state index contributed by atoms with van der Waals surface area (Å²) in [5.74, 6) is -0.699. The van der Waals surface area contributed by atoms with Gasteiger partial charge in [0, 0.05) is 13.1 Å². The zero-order chi connectivity index (χ0) is 15.5. The van der Waals surface area contributed by atoms with Crippen LogP contribution >= 0.6 is 0 Å². The van der Waals surface area contributed by atoms with Crippen molar-refractivity contribution in [2.24, 2.45) is 5.92 Å². The van der Waals surface area contributed by atoms with Gasteiger partial charge in [0.2, 0.25) is 10.0 Å². The van der Waals surface area contributed by atoms with Crippen molar-refractivity contribution in [3.05, 3.63) is 29.8 Å². The first-order chi connectivity index (χ1) is 9.98. The van der Waals surface area contributed by atoms with Gasteiger partial charge in [0.1, 0.15) is 0 Å². The van der Waals surface area contributed by atoms with Crippen molar-refractivity contribution in [2.45, 2.75) is 31.1 Å².